The summed E-state index contributed by atoms with van der Waals surface area (Å²) in [5, 5.41) is 19.0. The van der Waals surface area contributed by atoms with E-state index in [0.717, 1.165) is 31.7 Å². The number of amidine groups is 2. The van der Waals surface area contributed by atoms with Crippen molar-refractivity contribution >= 4 is 47.0 Å². The van der Waals surface area contributed by atoms with Crippen LogP contribution >= 0.6 is 25.3 Å². The highest BCUT2D eigenvalue weighted by atomic mass is 32.1. The Morgan fingerprint density at radius 2 is 1.17 bits per heavy atom. The SMILES string of the molecule is CC(=N\N=C(/S)N1CCCCC1)/C(=N/N=C(\S)N1CCCCC1)c1ccccc1. The number of hydrogen-bond donors (Lipinski definition) is 2. The van der Waals surface area contributed by atoms with Gasteiger partial charge in [-0.1, -0.05) is 30.3 Å². The summed E-state index contributed by atoms with van der Waals surface area (Å²) in [6.07, 6.45) is 7.23. The summed E-state index contributed by atoms with van der Waals surface area (Å²) in [5.41, 5.74) is 2.34. The van der Waals surface area contributed by atoms with E-state index in [4.69, 9.17) is 0 Å². The molecule has 2 heterocycles. The maximum absolute atomic E-state index is 4.57. The van der Waals surface area contributed by atoms with Gasteiger partial charge < -0.3 is 9.80 Å². The number of nitrogens with zero attached hydrogens (tertiary/aromatic N) is 6. The van der Waals surface area contributed by atoms with Gasteiger partial charge in [0.1, 0.15) is 5.71 Å². The van der Waals surface area contributed by atoms with Crippen LogP contribution in [0.2, 0.25) is 0 Å². The van der Waals surface area contributed by atoms with Crippen molar-refractivity contribution in [2.24, 2.45) is 20.4 Å². The molecule has 0 aromatic heterocycles. The molecule has 2 fully saturated rings. The van der Waals surface area contributed by atoms with E-state index in [1.54, 1.807) is 0 Å². The molecule has 0 N–H and O–H groups in total. The maximum atomic E-state index is 4.57. The fourth-order valence-corrected chi connectivity index (χ4v) is 4.00. The van der Waals surface area contributed by atoms with E-state index in [1.165, 1.54) is 38.5 Å². The van der Waals surface area contributed by atoms with Gasteiger partial charge in [-0.3, -0.25) is 0 Å². The number of benzene rings is 1. The fourth-order valence-electron chi connectivity index (χ4n) is 3.51. The lowest BCUT2D eigenvalue weighted by Gasteiger charge is -2.26. The first-order chi connectivity index (χ1) is 14.1. The molecule has 0 atom stereocenters. The van der Waals surface area contributed by atoms with Crippen LogP contribution in [0.4, 0.5) is 0 Å². The summed E-state index contributed by atoms with van der Waals surface area (Å²) < 4.78 is 0. The van der Waals surface area contributed by atoms with Crippen molar-refractivity contribution in [3.63, 3.8) is 0 Å². The molecule has 156 valence electrons. The lowest BCUT2D eigenvalue weighted by atomic mass is 10.1. The van der Waals surface area contributed by atoms with Crippen molar-refractivity contribution in [1.82, 2.24) is 9.80 Å². The smallest absolute Gasteiger partial charge is 0.182 e. The van der Waals surface area contributed by atoms with Gasteiger partial charge in [0.05, 0.1) is 5.71 Å². The van der Waals surface area contributed by atoms with Crippen LogP contribution in [0.15, 0.2) is 50.7 Å². The summed E-state index contributed by atoms with van der Waals surface area (Å²) in [6.45, 7) is 5.84. The highest BCUT2D eigenvalue weighted by Crippen LogP contribution is 2.13. The van der Waals surface area contributed by atoms with Gasteiger partial charge in [-0.15, -0.1) is 40.6 Å². The van der Waals surface area contributed by atoms with Crippen LogP contribution in [0, 0.1) is 0 Å². The number of piperidine rings is 2. The van der Waals surface area contributed by atoms with Crippen molar-refractivity contribution in [3.8, 4) is 0 Å². The van der Waals surface area contributed by atoms with Gasteiger partial charge in [-0.25, -0.2) is 0 Å². The molecule has 0 aliphatic carbocycles. The molecule has 0 radical (unpaired) electrons. The van der Waals surface area contributed by atoms with Crippen LogP contribution in [0.1, 0.15) is 51.0 Å². The number of hydrogen-bond acceptors (Lipinski definition) is 4. The summed E-state index contributed by atoms with van der Waals surface area (Å²) >= 11 is 9.11. The van der Waals surface area contributed by atoms with Crippen molar-refractivity contribution in [2.75, 3.05) is 26.2 Å². The Balaban J connectivity index is 1.82. The first-order valence-electron chi connectivity index (χ1n) is 10.4. The van der Waals surface area contributed by atoms with Gasteiger partial charge in [0.2, 0.25) is 0 Å². The zero-order chi connectivity index (χ0) is 20.5. The van der Waals surface area contributed by atoms with Crippen LogP contribution in [0.25, 0.3) is 0 Å². The summed E-state index contributed by atoms with van der Waals surface area (Å²) in [4.78, 5) is 4.34. The summed E-state index contributed by atoms with van der Waals surface area (Å²) in [6, 6.07) is 9.95. The third kappa shape index (κ3) is 6.60. The lowest BCUT2D eigenvalue weighted by molar-refractivity contribution is 0.347. The minimum Gasteiger partial charge on any atom is -0.350 e. The van der Waals surface area contributed by atoms with E-state index in [9.17, 15) is 0 Å². The predicted molar refractivity (Wildman–Crippen MR) is 130 cm³/mol. The Kier molecular flexibility index (Phi) is 8.61. The fraction of sp³-hybridized carbons (Fsp3) is 0.524. The largest absolute Gasteiger partial charge is 0.350 e. The van der Waals surface area contributed by atoms with Crippen LogP contribution < -0.4 is 0 Å². The van der Waals surface area contributed by atoms with Crippen LogP contribution in [-0.2, 0) is 0 Å². The Morgan fingerprint density at radius 3 is 1.69 bits per heavy atom. The zero-order valence-electron chi connectivity index (χ0n) is 17.0. The monoisotopic (exact) mass is 430 g/mol. The van der Waals surface area contributed by atoms with E-state index >= 15 is 0 Å². The molecule has 8 heteroatoms. The number of likely N-dealkylation sites (tertiary alicyclic amines) is 2. The Labute approximate surface area is 184 Å². The first kappa shape index (κ1) is 21.9. The molecule has 2 aliphatic rings. The van der Waals surface area contributed by atoms with Gasteiger partial charge >= 0.3 is 0 Å². The van der Waals surface area contributed by atoms with Crippen molar-refractivity contribution < 1.29 is 0 Å². The van der Waals surface area contributed by atoms with Gasteiger partial charge in [0, 0.05) is 31.7 Å². The molecular weight excluding hydrogens is 400 g/mol. The molecular formula is C21H30N6S2. The zero-order valence-corrected chi connectivity index (χ0v) is 18.8. The summed E-state index contributed by atoms with van der Waals surface area (Å²) in [5.74, 6) is 0. The standard InChI is InChI=1S/C21H30N6S2/c1-17(22-24-20(28)26-13-7-3-8-14-26)19(18-11-5-2-6-12-18)23-25-21(29)27-15-9-4-10-16-27/h2,5-6,11-12H,3-4,7-10,13-16H2,1H3,(H,24,28)(H,25,29)/b22-17+,23-19-. The topological polar surface area (TPSA) is 55.9 Å². The molecule has 0 unspecified atom stereocenters. The third-order valence-electron chi connectivity index (χ3n) is 5.20. The molecule has 0 amide bonds. The molecule has 2 aliphatic heterocycles. The van der Waals surface area contributed by atoms with E-state index in [0.29, 0.717) is 21.8 Å². The van der Waals surface area contributed by atoms with Gasteiger partial charge in [0.15, 0.2) is 10.3 Å². The second kappa shape index (κ2) is 11.4. The minimum atomic E-state index is 0.651. The lowest BCUT2D eigenvalue weighted by Crippen LogP contribution is -2.32. The number of thiol groups is 2. The molecule has 0 spiro atoms. The maximum Gasteiger partial charge on any atom is 0.182 e. The molecule has 0 bridgehead atoms. The van der Waals surface area contributed by atoms with Crippen molar-refractivity contribution in [3.05, 3.63) is 35.9 Å². The van der Waals surface area contributed by atoms with Crippen molar-refractivity contribution in [1.29, 1.82) is 0 Å². The normalized spacial score (nSPS) is 20.2. The van der Waals surface area contributed by atoms with Crippen LogP contribution in [0.3, 0.4) is 0 Å². The molecule has 29 heavy (non-hydrogen) atoms. The van der Waals surface area contributed by atoms with E-state index in [1.807, 2.05) is 37.3 Å². The second-order valence-electron chi connectivity index (χ2n) is 7.40. The molecule has 6 nitrogen and oxygen atoms in total. The van der Waals surface area contributed by atoms with E-state index < -0.39 is 0 Å². The molecule has 1 aromatic rings. The average Bonchev–Trinajstić information content (AvgIpc) is 2.79. The van der Waals surface area contributed by atoms with E-state index in [-0.39, 0.29) is 0 Å². The Hall–Kier alpha value is -1.80. The molecule has 0 saturated carbocycles. The van der Waals surface area contributed by atoms with E-state index in [2.05, 4.69) is 55.5 Å². The third-order valence-corrected chi connectivity index (χ3v) is 5.94. The molecule has 2 saturated heterocycles. The Morgan fingerprint density at radius 1 is 0.690 bits per heavy atom. The van der Waals surface area contributed by atoms with Crippen LogP contribution in [0.5, 0.6) is 0 Å². The highest BCUT2D eigenvalue weighted by Gasteiger charge is 2.14. The van der Waals surface area contributed by atoms with Gasteiger partial charge in [0.25, 0.3) is 0 Å². The second-order valence-corrected chi connectivity index (χ2v) is 8.20. The number of rotatable bonds is 4. The van der Waals surface area contributed by atoms with Gasteiger partial charge in [-0.05, 0) is 45.4 Å². The van der Waals surface area contributed by atoms with Crippen molar-refractivity contribution in [2.45, 2.75) is 45.4 Å². The molecule has 1 aromatic carbocycles. The first-order valence-corrected chi connectivity index (χ1v) is 11.3. The highest BCUT2D eigenvalue weighted by molar-refractivity contribution is 7.97. The average molecular weight is 431 g/mol. The van der Waals surface area contributed by atoms with Crippen LogP contribution in [-0.4, -0.2) is 57.7 Å². The Bertz CT molecular complexity index is 776. The predicted octanol–water partition coefficient (Wildman–Crippen LogP) is 4.31. The minimum absolute atomic E-state index is 0.651. The molecule has 3 rings (SSSR count). The van der Waals surface area contributed by atoms with Gasteiger partial charge in [-0.2, -0.15) is 5.10 Å². The summed E-state index contributed by atoms with van der Waals surface area (Å²) in [7, 11) is 0. The quantitative estimate of drug-likeness (QED) is 0.324.